The van der Waals surface area contributed by atoms with E-state index in [1.807, 2.05) is 29.2 Å². The Balaban J connectivity index is 0.000000396. The van der Waals surface area contributed by atoms with E-state index in [1.54, 1.807) is 6.20 Å². The van der Waals surface area contributed by atoms with Crippen molar-refractivity contribution in [1.82, 2.24) is 14.5 Å². The first kappa shape index (κ1) is 16.0. The monoisotopic (exact) mass is 304 g/mol. The van der Waals surface area contributed by atoms with Crippen LogP contribution >= 0.6 is 0 Å². The van der Waals surface area contributed by atoms with Crippen LogP contribution < -0.4 is 5.73 Å². The molecule has 2 atom stereocenters. The molecule has 0 spiro atoms. The lowest BCUT2D eigenvalue weighted by molar-refractivity contribution is 0.137. The highest BCUT2D eigenvalue weighted by Gasteiger charge is 2.38. The first-order valence-corrected chi connectivity index (χ1v) is 7.18. The van der Waals surface area contributed by atoms with Gasteiger partial charge in [-0.3, -0.25) is 4.98 Å². The summed E-state index contributed by atoms with van der Waals surface area (Å²) in [5.41, 5.74) is 7.82. The van der Waals surface area contributed by atoms with Crippen LogP contribution in [0.4, 0.5) is 4.79 Å². The van der Waals surface area contributed by atoms with E-state index in [0.717, 1.165) is 24.6 Å². The predicted octanol–water partition coefficient (Wildman–Crippen LogP) is 2.33. The molecule has 1 fully saturated rings. The number of pyridine rings is 1. The molecule has 3 rings (SSSR count). The van der Waals surface area contributed by atoms with Crippen LogP contribution in [0.25, 0.3) is 5.69 Å². The van der Waals surface area contributed by atoms with Crippen molar-refractivity contribution in [2.45, 2.75) is 25.2 Å². The van der Waals surface area contributed by atoms with Gasteiger partial charge in [-0.05, 0) is 43.9 Å². The molecule has 0 saturated heterocycles. The molecule has 1 saturated carbocycles. The van der Waals surface area contributed by atoms with E-state index in [4.69, 9.17) is 20.7 Å². The van der Waals surface area contributed by atoms with Crippen molar-refractivity contribution in [1.29, 1.82) is 0 Å². The summed E-state index contributed by atoms with van der Waals surface area (Å²) in [4.78, 5) is 17.2. The Morgan fingerprint density at radius 2 is 2.23 bits per heavy atom. The standard InChI is InChI=1S/C14H18N4.CH2O3/c15-5-1-3-11-7-13(11)14-9-18(10-17-14)12-4-2-6-16-8-12;2-1(3)4/h2,4,6,8-11,13H,1,3,5,7,15H2;(H2,2,3,4). The van der Waals surface area contributed by atoms with E-state index in [2.05, 4.69) is 16.2 Å². The number of hydrogen-bond acceptors (Lipinski definition) is 4. The van der Waals surface area contributed by atoms with Gasteiger partial charge in [-0.25, -0.2) is 9.78 Å². The van der Waals surface area contributed by atoms with Gasteiger partial charge in [0.25, 0.3) is 0 Å². The minimum atomic E-state index is -1.83. The molecule has 0 radical (unpaired) electrons. The zero-order chi connectivity index (χ0) is 15.9. The fraction of sp³-hybridized carbons (Fsp3) is 0.400. The highest BCUT2D eigenvalue weighted by molar-refractivity contribution is 5.53. The SMILES string of the molecule is NCCCC1CC1c1cn(-c2cccnc2)cn1.O=C(O)O. The Labute approximate surface area is 128 Å². The molecule has 118 valence electrons. The van der Waals surface area contributed by atoms with Gasteiger partial charge in [0, 0.05) is 18.3 Å². The van der Waals surface area contributed by atoms with Gasteiger partial charge in [0.05, 0.1) is 23.9 Å². The van der Waals surface area contributed by atoms with Crippen LogP contribution in [0.2, 0.25) is 0 Å². The molecule has 2 unspecified atom stereocenters. The van der Waals surface area contributed by atoms with Crippen LogP contribution in [0.1, 0.15) is 30.9 Å². The molecule has 2 heterocycles. The molecule has 2 aromatic rings. The van der Waals surface area contributed by atoms with Crippen molar-refractivity contribution in [3.05, 3.63) is 42.7 Å². The lowest BCUT2D eigenvalue weighted by Crippen LogP contribution is -1.98. The van der Waals surface area contributed by atoms with Gasteiger partial charge >= 0.3 is 6.16 Å². The zero-order valence-electron chi connectivity index (χ0n) is 12.2. The molecule has 0 bridgehead atoms. The van der Waals surface area contributed by atoms with E-state index in [9.17, 15) is 0 Å². The van der Waals surface area contributed by atoms with Crippen molar-refractivity contribution in [3.63, 3.8) is 0 Å². The Kier molecular flexibility index (Phi) is 5.48. The van der Waals surface area contributed by atoms with Crippen LogP contribution in [-0.4, -0.2) is 37.4 Å². The van der Waals surface area contributed by atoms with Crippen LogP contribution in [0, 0.1) is 5.92 Å². The lowest BCUT2D eigenvalue weighted by atomic mass is 10.1. The fourth-order valence-electron chi connectivity index (χ4n) is 2.49. The maximum Gasteiger partial charge on any atom is 0.503 e. The fourth-order valence-corrected chi connectivity index (χ4v) is 2.49. The molecule has 22 heavy (non-hydrogen) atoms. The molecule has 4 N–H and O–H groups in total. The number of nitrogens with zero attached hydrogens (tertiary/aromatic N) is 3. The summed E-state index contributed by atoms with van der Waals surface area (Å²) in [7, 11) is 0. The topological polar surface area (TPSA) is 114 Å². The number of carboxylic acid groups (broad SMARTS) is 2. The molecular formula is C15H20N4O3. The first-order chi connectivity index (χ1) is 10.6. The molecule has 0 aromatic carbocycles. The van der Waals surface area contributed by atoms with Crippen LogP contribution in [0.3, 0.4) is 0 Å². The highest BCUT2D eigenvalue weighted by Crippen LogP contribution is 2.49. The second-order valence-corrected chi connectivity index (χ2v) is 5.23. The highest BCUT2D eigenvalue weighted by atomic mass is 16.6. The Morgan fingerprint density at radius 1 is 1.45 bits per heavy atom. The smallest absolute Gasteiger partial charge is 0.450 e. The lowest BCUT2D eigenvalue weighted by Gasteiger charge is -1.99. The maximum atomic E-state index is 8.56. The third kappa shape index (κ3) is 4.56. The Hall–Kier alpha value is -2.41. The van der Waals surface area contributed by atoms with E-state index in [1.165, 1.54) is 18.5 Å². The molecule has 7 heteroatoms. The Morgan fingerprint density at radius 3 is 2.86 bits per heavy atom. The van der Waals surface area contributed by atoms with E-state index in [0.29, 0.717) is 5.92 Å². The average molecular weight is 304 g/mol. The summed E-state index contributed by atoms with van der Waals surface area (Å²) in [5, 5.41) is 13.9. The summed E-state index contributed by atoms with van der Waals surface area (Å²) < 4.78 is 2.04. The second-order valence-electron chi connectivity index (χ2n) is 5.23. The van der Waals surface area contributed by atoms with Gasteiger partial charge in [0.15, 0.2) is 0 Å². The third-order valence-electron chi connectivity index (χ3n) is 3.63. The van der Waals surface area contributed by atoms with Crippen molar-refractivity contribution < 1.29 is 15.0 Å². The van der Waals surface area contributed by atoms with Crippen LogP contribution in [0.5, 0.6) is 0 Å². The molecule has 0 aliphatic heterocycles. The first-order valence-electron chi connectivity index (χ1n) is 7.18. The number of carbonyl (C=O) groups is 1. The zero-order valence-corrected chi connectivity index (χ0v) is 12.2. The number of aromatic nitrogens is 3. The largest absolute Gasteiger partial charge is 0.503 e. The van der Waals surface area contributed by atoms with Gasteiger partial charge in [-0.2, -0.15) is 0 Å². The van der Waals surface area contributed by atoms with E-state index in [-0.39, 0.29) is 0 Å². The Bertz CT molecular complexity index is 596. The van der Waals surface area contributed by atoms with Crippen LogP contribution in [-0.2, 0) is 0 Å². The third-order valence-corrected chi connectivity index (χ3v) is 3.63. The summed E-state index contributed by atoms with van der Waals surface area (Å²) in [6.45, 7) is 0.799. The quantitative estimate of drug-likeness (QED) is 0.781. The molecule has 7 nitrogen and oxygen atoms in total. The summed E-state index contributed by atoms with van der Waals surface area (Å²) in [5.74, 6) is 1.44. The minimum Gasteiger partial charge on any atom is -0.450 e. The van der Waals surface area contributed by atoms with Crippen molar-refractivity contribution in [2.24, 2.45) is 11.7 Å². The minimum absolute atomic E-state index is 0.648. The molecule has 2 aromatic heterocycles. The number of hydrogen-bond donors (Lipinski definition) is 3. The molecule has 0 amide bonds. The predicted molar refractivity (Wildman–Crippen MR) is 81.1 cm³/mol. The summed E-state index contributed by atoms with van der Waals surface area (Å²) in [6.07, 6.45) is 9.44. The maximum absolute atomic E-state index is 8.56. The van der Waals surface area contributed by atoms with Gasteiger partial charge < -0.3 is 20.5 Å². The van der Waals surface area contributed by atoms with E-state index >= 15 is 0 Å². The summed E-state index contributed by atoms with van der Waals surface area (Å²) in [6, 6.07) is 3.98. The van der Waals surface area contributed by atoms with Gasteiger partial charge in [0.1, 0.15) is 0 Å². The molecular weight excluding hydrogens is 284 g/mol. The normalized spacial score (nSPS) is 19.1. The number of nitrogens with two attached hydrogens (primary N) is 1. The van der Waals surface area contributed by atoms with Crippen molar-refractivity contribution in [2.75, 3.05) is 6.54 Å². The average Bonchev–Trinajstić information content (AvgIpc) is 3.11. The number of rotatable bonds is 5. The summed E-state index contributed by atoms with van der Waals surface area (Å²) >= 11 is 0. The second kappa shape index (κ2) is 7.56. The van der Waals surface area contributed by atoms with Gasteiger partial charge in [-0.15, -0.1) is 0 Å². The molecule has 1 aliphatic rings. The van der Waals surface area contributed by atoms with Crippen molar-refractivity contribution >= 4 is 6.16 Å². The van der Waals surface area contributed by atoms with Crippen molar-refractivity contribution in [3.8, 4) is 5.69 Å². The van der Waals surface area contributed by atoms with Gasteiger partial charge in [0.2, 0.25) is 0 Å². The molecule has 1 aliphatic carbocycles. The van der Waals surface area contributed by atoms with E-state index < -0.39 is 6.16 Å². The van der Waals surface area contributed by atoms with Gasteiger partial charge in [-0.1, -0.05) is 0 Å². The van der Waals surface area contributed by atoms with Crippen LogP contribution in [0.15, 0.2) is 37.1 Å². The number of imidazole rings is 1.